The molecule has 0 heterocycles. The molecule has 18 heavy (non-hydrogen) atoms. The first-order valence-electron chi connectivity index (χ1n) is 7.77. The van der Waals surface area contributed by atoms with E-state index in [1.165, 1.54) is 51.5 Å². The minimum absolute atomic E-state index is 0. The maximum Gasteiger partial charge on any atom is 0.0235 e. The van der Waals surface area contributed by atoms with Crippen LogP contribution in [0.4, 0.5) is 0 Å². The summed E-state index contributed by atoms with van der Waals surface area (Å²) in [5, 5.41) is 3.94. The summed E-state index contributed by atoms with van der Waals surface area (Å²) in [4.78, 5) is 0. The molecule has 0 aromatic carbocycles. The van der Waals surface area contributed by atoms with Crippen LogP contribution in [-0.4, -0.2) is 12.1 Å². The Morgan fingerprint density at radius 2 is 1.67 bits per heavy atom. The number of nitrogens with one attached hydrogen (secondary N) is 1. The number of unbranched alkanes of at least 4 members (excludes halogenated alkanes) is 3. The number of rotatable bonds is 6. The molecule has 2 saturated carbocycles. The molecule has 0 aromatic heterocycles. The molecule has 108 valence electrons. The van der Waals surface area contributed by atoms with E-state index in [1.807, 2.05) is 0 Å². The molecule has 1 nitrogen and oxygen atoms in total. The first kappa shape index (κ1) is 16.3. The lowest BCUT2D eigenvalue weighted by atomic mass is 9.64. The van der Waals surface area contributed by atoms with Gasteiger partial charge in [0, 0.05) is 5.54 Å². The fourth-order valence-electron chi connectivity index (χ4n) is 4.38. The predicted octanol–water partition coefficient (Wildman–Crippen LogP) is 4.79. The molecular weight excluding hydrogens is 242 g/mol. The maximum absolute atomic E-state index is 3.94. The van der Waals surface area contributed by atoms with E-state index in [0.29, 0.717) is 11.0 Å². The zero-order valence-corrected chi connectivity index (χ0v) is 13.5. The van der Waals surface area contributed by atoms with Crippen molar-refractivity contribution in [3.05, 3.63) is 0 Å². The SMILES string of the molecule is CCCCCCNC1(C)C2CCC(C2)C1(C)C.Cl. The number of hydrogen-bond acceptors (Lipinski definition) is 1. The Bertz CT molecular complexity index is 264. The molecule has 3 unspecified atom stereocenters. The summed E-state index contributed by atoms with van der Waals surface area (Å²) in [6, 6.07) is 0. The van der Waals surface area contributed by atoms with Gasteiger partial charge in [-0.1, -0.05) is 40.0 Å². The van der Waals surface area contributed by atoms with Gasteiger partial charge in [0.1, 0.15) is 0 Å². The first-order chi connectivity index (χ1) is 8.02. The summed E-state index contributed by atoms with van der Waals surface area (Å²) in [5.74, 6) is 1.91. The fourth-order valence-corrected chi connectivity index (χ4v) is 4.38. The zero-order chi connectivity index (χ0) is 12.5. The summed E-state index contributed by atoms with van der Waals surface area (Å²) < 4.78 is 0. The molecule has 1 N–H and O–H groups in total. The number of fused-ring (bicyclic) bond motifs is 2. The van der Waals surface area contributed by atoms with Crippen LogP contribution in [0.2, 0.25) is 0 Å². The molecular formula is C16H32ClN. The molecule has 2 aliphatic carbocycles. The van der Waals surface area contributed by atoms with Crippen LogP contribution in [0.25, 0.3) is 0 Å². The van der Waals surface area contributed by atoms with E-state index in [-0.39, 0.29) is 12.4 Å². The van der Waals surface area contributed by atoms with Gasteiger partial charge in [-0.15, -0.1) is 12.4 Å². The van der Waals surface area contributed by atoms with Crippen molar-refractivity contribution in [2.24, 2.45) is 17.3 Å². The Balaban J connectivity index is 0.00000162. The summed E-state index contributed by atoms with van der Waals surface area (Å²) in [6.07, 6.45) is 9.91. The van der Waals surface area contributed by atoms with Gasteiger partial charge in [0.15, 0.2) is 0 Å². The van der Waals surface area contributed by atoms with Crippen molar-refractivity contribution in [3.8, 4) is 0 Å². The second-order valence-corrected chi connectivity index (χ2v) is 7.12. The highest BCUT2D eigenvalue weighted by Crippen LogP contribution is 2.61. The van der Waals surface area contributed by atoms with E-state index in [1.54, 1.807) is 0 Å². The molecule has 2 fully saturated rings. The van der Waals surface area contributed by atoms with Crippen LogP contribution in [0.1, 0.15) is 72.6 Å². The van der Waals surface area contributed by atoms with Gasteiger partial charge < -0.3 is 5.32 Å². The lowest BCUT2D eigenvalue weighted by molar-refractivity contribution is 0.0658. The van der Waals surface area contributed by atoms with Crippen molar-refractivity contribution in [2.75, 3.05) is 6.54 Å². The van der Waals surface area contributed by atoms with Crippen LogP contribution in [-0.2, 0) is 0 Å². The Kier molecular flexibility index (Phi) is 5.56. The van der Waals surface area contributed by atoms with E-state index in [2.05, 4.69) is 33.0 Å². The summed E-state index contributed by atoms with van der Waals surface area (Å²) in [6.45, 7) is 11.0. The Morgan fingerprint density at radius 3 is 2.22 bits per heavy atom. The highest BCUT2D eigenvalue weighted by Gasteiger charge is 2.59. The van der Waals surface area contributed by atoms with Gasteiger partial charge in [-0.05, 0) is 56.4 Å². The zero-order valence-electron chi connectivity index (χ0n) is 12.7. The monoisotopic (exact) mass is 273 g/mol. The second kappa shape index (κ2) is 6.13. The van der Waals surface area contributed by atoms with Gasteiger partial charge in [-0.2, -0.15) is 0 Å². The average Bonchev–Trinajstić information content (AvgIpc) is 2.83. The molecule has 2 rings (SSSR count). The van der Waals surface area contributed by atoms with Crippen LogP contribution in [0, 0.1) is 17.3 Å². The molecule has 2 aliphatic rings. The molecule has 2 heteroatoms. The molecule has 0 aliphatic heterocycles. The highest BCUT2D eigenvalue weighted by molar-refractivity contribution is 5.85. The van der Waals surface area contributed by atoms with Crippen molar-refractivity contribution in [3.63, 3.8) is 0 Å². The molecule has 3 atom stereocenters. The third kappa shape index (κ3) is 2.58. The summed E-state index contributed by atoms with van der Waals surface area (Å²) in [7, 11) is 0. The minimum atomic E-state index is 0. The maximum atomic E-state index is 3.94. The van der Waals surface area contributed by atoms with E-state index in [4.69, 9.17) is 0 Å². The highest BCUT2D eigenvalue weighted by atomic mass is 35.5. The van der Waals surface area contributed by atoms with Crippen LogP contribution in [0.3, 0.4) is 0 Å². The van der Waals surface area contributed by atoms with E-state index in [0.717, 1.165) is 11.8 Å². The predicted molar refractivity (Wildman–Crippen MR) is 82.4 cm³/mol. The van der Waals surface area contributed by atoms with Gasteiger partial charge >= 0.3 is 0 Å². The largest absolute Gasteiger partial charge is 0.311 e. The lowest BCUT2D eigenvalue weighted by Crippen LogP contribution is -2.57. The molecule has 0 radical (unpaired) electrons. The summed E-state index contributed by atoms with van der Waals surface area (Å²) in [5.41, 5.74) is 0.906. The number of halogens is 1. The quantitative estimate of drug-likeness (QED) is 0.686. The topological polar surface area (TPSA) is 12.0 Å². The van der Waals surface area contributed by atoms with E-state index >= 15 is 0 Å². The second-order valence-electron chi connectivity index (χ2n) is 7.12. The molecule has 0 saturated heterocycles. The normalized spacial score (nSPS) is 36.7. The number of hydrogen-bond donors (Lipinski definition) is 1. The van der Waals surface area contributed by atoms with Crippen molar-refractivity contribution < 1.29 is 0 Å². The summed E-state index contributed by atoms with van der Waals surface area (Å²) >= 11 is 0. The van der Waals surface area contributed by atoms with Crippen molar-refractivity contribution in [1.82, 2.24) is 5.32 Å². The molecule has 2 bridgehead atoms. The molecule has 0 spiro atoms. The first-order valence-corrected chi connectivity index (χ1v) is 7.77. The third-order valence-electron chi connectivity index (χ3n) is 6.13. The van der Waals surface area contributed by atoms with Crippen molar-refractivity contribution in [1.29, 1.82) is 0 Å². The van der Waals surface area contributed by atoms with E-state index in [9.17, 15) is 0 Å². The Morgan fingerprint density at radius 1 is 1.00 bits per heavy atom. The minimum Gasteiger partial charge on any atom is -0.311 e. The van der Waals surface area contributed by atoms with Crippen LogP contribution in [0.5, 0.6) is 0 Å². The molecule has 0 aromatic rings. The van der Waals surface area contributed by atoms with Gasteiger partial charge in [0.2, 0.25) is 0 Å². The lowest BCUT2D eigenvalue weighted by Gasteiger charge is -2.48. The Labute approximate surface area is 120 Å². The van der Waals surface area contributed by atoms with Crippen LogP contribution < -0.4 is 5.32 Å². The van der Waals surface area contributed by atoms with Crippen molar-refractivity contribution >= 4 is 12.4 Å². The standard InChI is InChI=1S/C16H31N.ClH/c1-5-6-7-8-11-17-16(4)14-10-9-13(12-14)15(16,2)3;/h13-14,17H,5-12H2,1-4H3;1H. The van der Waals surface area contributed by atoms with Gasteiger partial charge in [-0.25, -0.2) is 0 Å². The fraction of sp³-hybridized carbons (Fsp3) is 1.00. The van der Waals surface area contributed by atoms with Gasteiger partial charge in [0.25, 0.3) is 0 Å². The van der Waals surface area contributed by atoms with Crippen LogP contribution in [0.15, 0.2) is 0 Å². The van der Waals surface area contributed by atoms with Crippen molar-refractivity contribution in [2.45, 2.75) is 78.2 Å². The van der Waals surface area contributed by atoms with Crippen LogP contribution >= 0.6 is 12.4 Å². The smallest absolute Gasteiger partial charge is 0.0235 e. The van der Waals surface area contributed by atoms with E-state index < -0.39 is 0 Å². The Hall–Kier alpha value is 0.250. The third-order valence-corrected chi connectivity index (χ3v) is 6.13. The van der Waals surface area contributed by atoms with Gasteiger partial charge in [0.05, 0.1) is 0 Å². The molecule has 0 amide bonds. The average molecular weight is 274 g/mol. The van der Waals surface area contributed by atoms with Gasteiger partial charge in [-0.3, -0.25) is 0 Å².